The summed E-state index contributed by atoms with van der Waals surface area (Å²) < 4.78 is 36.9. The Kier molecular flexibility index (Phi) is 5.58. The fraction of sp³-hybridized carbons (Fsp3) is 0.444. The molecule has 2 fully saturated rings. The third-order valence-electron chi connectivity index (χ3n) is 7.52. The first-order valence-corrected chi connectivity index (χ1v) is 12.5. The molecule has 188 valence electrons. The Bertz CT molecular complexity index is 1460. The van der Waals surface area contributed by atoms with Crippen molar-refractivity contribution in [2.24, 2.45) is 0 Å². The van der Waals surface area contributed by atoms with Crippen LogP contribution in [0.4, 0.5) is 10.1 Å². The Morgan fingerprint density at radius 2 is 1.86 bits per heavy atom. The summed E-state index contributed by atoms with van der Waals surface area (Å²) >= 11 is 0. The minimum absolute atomic E-state index is 0.161. The first kappa shape index (κ1) is 20.8. The number of fused-ring (bicyclic) bond motifs is 2. The molecule has 5 heterocycles. The van der Waals surface area contributed by atoms with E-state index in [1.807, 2.05) is 18.5 Å². The number of rotatable bonds is 5. The van der Waals surface area contributed by atoms with Crippen LogP contribution in [0.2, 0.25) is 0 Å². The summed E-state index contributed by atoms with van der Waals surface area (Å²) in [4.78, 5) is 16.5. The van der Waals surface area contributed by atoms with Crippen LogP contribution < -0.4 is 9.64 Å². The molecule has 0 N–H and O–H groups in total. The first-order valence-electron chi connectivity index (χ1n) is 13.5. The van der Waals surface area contributed by atoms with Crippen molar-refractivity contribution in [3.8, 4) is 16.9 Å². The number of nitrogens with zero attached hydrogens (tertiary/aromatic N) is 7. The lowest BCUT2D eigenvalue weighted by Crippen LogP contribution is -2.52. The highest BCUT2D eigenvalue weighted by molar-refractivity contribution is 5.98. The molecule has 1 aromatic carbocycles. The predicted molar refractivity (Wildman–Crippen MR) is 139 cm³/mol. The largest absolute Gasteiger partial charge is 0.491 e. The SMILES string of the molecule is [2H]C([2H])(C)Oc1cc2c(-c3cnn4cc(N5CCC(N6CCN(C)CC6)CC5)cnc34)ccnc2cc1F. The quantitative estimate of drug-likeness (QED) is 0.422. The lowest BCUT2D eigenvalue weighted by atomic mass is 10.0. The van der Waals surface area contributed by atoms with E-state index < -0.39 is 12.4 Å². The van der Waals surface area contributed by atoms with Crippen LogP contribution in [-0.4, -0.2) is 88.3 Å². The summed E-state index contributed by atoms with van der Waals surface area (Å²) in [5.74, 6) is -0.821. The number of benzene rings is 1. The molecule has 2 aliphatic heterocycles. The van der Waals surface area contributed by atoms with Crippen molar-refractivity contribution in [3.63, 3.8) is 0 Å². The number of aromatic nitrogens is 4. The van der Waals surface area contributed by atoms with Crippen molar-refractivity contribution in [1.29, 1.82) is 0 Å². The van der Waals surface area contributed by atoms with Crippen molar-refractivity contribution >= 4 is 22.2 Å². The number of pyridine rings is 1. The number of anilines is 1. The minimum Gasteiger partial charge on any atom is -0.491 e. The topological polar surface area (TPSA) is 62.0 Å². The predicted octanol–water partition coefficient (Wildman–Crippen LogP) is 3.70. The maximum atomic E-state index is 14.6. The lowest BCUT2D eigenvalue weighted by molar-refractivity contribution is 0.0982. The maximum Gasteiger partial charge on any atom is 0.167 e. The van der Waals surface area contributed by atoms with Gasteiger partial charge in [0.1, 0.15) is 0 Å². The van der Waals surface area contributed by atoms with Crippen LogP contribution in [-0.2, 0) is 0 Å². The van der Waals surface area contributed by atoms with Gasteiger partial charge in [-0.1, -0.05) is 0 Å². The zero-order valence-corrected chi connectivity index (χ0v) is 20.7. The highest BCUT2D eigenvalue weighted by atomic mass is 19.1. The number of piperidine rings is 1. The van der Waals surface area contributed by atoms with Gasteiger partial charge in [0.2, 0.25) is 0 Å². The first-order chi connectivity index (χ1) is 18.2. The van der Waals surface area contributed by atoms with E-state index in [4.69, 9.17) is 12.5 Å². The molecule has 0 atom stereocenters. The van der Waals surface area contributed by atoms with E-state index in [9.17, 15) is 4.39 Å². The number of ether oxygens (including phenoxy) is 1. The fourth-order valence-corrected chi connectivity index (χ4v) is 5.46. The Morgan fingerprint density at radius 1 is 1.06 bits per heavy atom. The standard InChI is InChI=1S/C27H32FN7O/c1-3-36-26-14-22-21(4-7-29-25(22)15-24(26)28)23-17-31-35-18-20(16-30-27(23)35)33-8-5-19(6-9-33)34-12-10-32(2)11-13-34/h4,7,14-19H,3,5-6,8-13H2,1-2H3/i3D2. The lowest BCUT2D eigenvalue weighted by Gasteiger charge is -2.42. The fourth-order valence-electron chi connectivity index (χ4n) is 5.46. The Hall–Kier alpha value is -3.30. The summed E-state index contributed by atoms with van der Waals surface area (Å²) in [6.07, 6.45) is 9.59. The Labute approximate surface area is 213 Å². The van der Waals surface area contributed by atoms with E-state index in [-0.39, 0.29) is 5.75 Å². The van der Waals surface area contributed by atoms with Crippen molar-refractivity contribution < 1.29 is 11.9 Å². The number of hydrogen-bond donors (Lipinski definition) is 0. The van der Waals surface area contributed by atoms with Gasteiger partial charge in [0.15, 0.2) is 17.2 Å². The van der Waals surface area contributed by atoms with Crippen LogP contribution in [0, 0.1) is 5.82 Å². The van der Waals surface area contributed by atoms with Gasteiger partial charge in [-0.2, -0.15) is 5.10 Å². The summed E-state index contributed by atoms with van der Waals surface area (Å²) in [7, 11) is 2.19. The van der Waals surface area contributed by atoms with Crippen molar-refractivity contribution in [3.05, 3.63) is 48.8 Å². The van der Waals surface area contributed by atoms with Crippen LogP contribution in [0.15, 0.2) is 43.0 Å². The molecule has 3 aromatic heterocycles. The van der Waals surface area contributed by atoms with Crippen LogP contribution in [0.5, 0.6) is 5.75 Å². The van der Waals surface area contributed by atoms with Gasteiger partial charge in [0, 0.05) is 68.5 Å². The number of piperazine rings is 1. The molecular weight excluding hydrogens is 457 g/mol. The second-order valence-corrected chi connectivity index (χ2v) is 9.66. The molecule has 8 nitrogen and oxygen atoms in total. The van der Waals surface area contributed by atoms with E-state index in [0.717, 1.165) is 68.9 Å². The highest BCUT2D eigenvalue weighted by Crippen LogP contribution is 2.34. The molecule has 0 bridgehead atoms. The molecule has 0 aliphatic carbocycles. The molecule has 9 heteroatoms. The van der Waals surface area contributed by atoms with Crippen molar-refractivity contribution in [1.82, 2.24) is 29.4 Å². The molecule has 36 heavy (non-hydrogen) atoms. The van der Waals surface area contributed by atoms with Gasteiger partial charge in [-0.3, -0.25) is 9.88 Å². The van der Waals surface area contributed by atoms with Crippen LogP contribution in [0.3, 0.4) is 0 Å². The number of likely N-dealkylation sites (N-methyl/N-ethyl adjacent to an activating group) is 1. The zero-order chi connectivity index (χ0) is 26.4. The van der Waals surface area contributed by atoms with Crippen LogP contribution >= 0.6 is 0 Å². The molecule has 0 radical (unpaired) electrons. The average Bonchev–Trinajstić information content (AvgIpc) is 3.32. The van der Waals surface area contributed by atoms with E-state index >= 15 is 0 Å². The monoisotopic (exact) mass is 491 g/mol. The third kappa shape index (κ3) is 4.26. The summed E-state index contributed by atoms with van der Waals surface area (Å²) in [5, 5.41) is 5.22. The van der Waals surface area contributed by atoms with Gasteiger partial charge in [0.05, 0.1) is 39.1 Å². The highest BCUT2D eigenvalue weighted by Gasteiger charge is 2.27. The summed E-state index contributed by atoms with van der Waals surface area (Å²) in [6, 6.07) is 5.24. The third-order valence-corrected chi connectivity index (χ3v) is 7.52. The van der Waals surface area contributed by atoms with Gasteiger partial charge in [-0.05, 0) is 44.5 Å². The normalized spacial score (nSPS) is 19.6. The zero-order valence-electron chi connectivity index (χ0n) is 22.7. The van der Waals surface area contributed by atoms with Gasteiger partial charge >= 0.3 is 0 Å². The van der Waals surface area contributed by atoms with E-state index in [1.165, 1.54) is 19.1 Å². The number of hydrogen-bond acceptors (Lipinski definition) is 7. The van der Waals surface area contributed by atoms with Gasteiger partial charge in [0.25, 0.3) is 0 Å². The van der Waals surface area contributed by atoms with Crippen LogP contribution in [0.25, 0.3) is 27.7 Å². The molecule has 0 spiro atoms. The van der Waals surface area contributed by atoms with Crippen molar-refractivity contribution in [2.75, 3.05) is 57.8 Å². The van der Waals surface area contributed by atoms with Gasteiger partial charge in [-0.25, -0.2) is 13.9 Å². The molecule has 0 saturated carbocycles. The smallest absolute Gasteiger partial charge is 0.167 e. The molecule has 0 amide bonds. The second-order valence-electron chi connectivity index (χ2n) is 9.66. The van der Waals surface area contributed by atoms with Gasteiger partial charge < -0.3 is 14.5 Å². The van der Waals surface area contributed by atoms with E-state index in [1.54, 1.807) is 16.9 Å². The summed E-state index contributed by atoms with van der Waals surface area (Å²) in [6.45, 7) is 5.80. The van der Waals surface area contributed by atoms with Crippen molar-refractivity contribution in [2.45, 2.75) is 25.8 Å². The molecule has 2 aliphatic rings. The molecule has 2 saturated heterocycles. The van der Waals surface area contributed by atoms with Gasteiger partial charge in [-0.15, -0.1) is 0 Å². The molecule has 0 unspecified atom stereocenters. The molecule has 4 aromatic rings. The average molecular weight is 492 g/mol. The molecular formula is C27H32FN7O. The second kappa shape index (κ2) is 9.63. The number of halogens is 1. The maximum absolute atomic E-state index is 14.6. The Morgan fingerprint density at radius 3 is 2.64 bits per heavy atom. The molecule has 6 rings (SSSR count). The minimum atomic E-state index is -2.02. The Balaban J connectivity index is 1.25. The van der Waals surface area contributed by atoms with E-state index in [0.29, 0.717) is 22.6 Å². The van der Waals surface area contributed by atoms with E-state index in [2.05, 4.69) is 31.8 Å². The summed E-state index contributed by atoms with van der Waals surface area (Å²) in [5.41, 5.74) is 3.75. The van der Waals surface area contributed by atoms with Crippen LogP contribution in [0.1, 0.15) is 22.5 Å².